The molecule has 1 heterocycles. The molecule has 4 rings (SSSR count). The number of nitrogens with zero attached hydrogens (tertiary/aromatic N) is 2. The summed E-state index contributed by atoms with van der Waals surface area (Å²) in [7, 11) is 1.65. The fraction of sp³-hybridized carbons (Fsp3) is 0.333. The molecule has 0 unspecified atom stereocenters. The van der Waals surface area contributed by atoms with Crippen LogP contribution in [0.25, 0.3) is 10.8 Å². The summed E-state index contributed by atoms with van der Waals surface area (Å²) >= 11 is 0. The van der Waals surface area contributed by atoms with Crippen LogP contribution in [0.3, 0.4) is 0 Å². The highest BCUT2D eigenvalue weighted by molar-refractivity contribution is 6.07. The molecule has 3 aromatic carbocycles. The van der Waals surface area contributed by atoms with Crippen LogP contribution in [0.2, 0.25) is 0 Å². The van der Waals surface area contributed by atoms with Crippen molar-refractivity contribution in [1.82, 2.24) is 9.80 Å². The SMILES string of the molecule is COCCN(Cc1ccccc1)C(=O)[C@H]1CCCN(C(=O)c2cccc3ccccc23)C1. The second-order valence-electron chi connectivity index (χ2n) is 8.36. The zero-order valence-electron chi connectivity index (χ0n) is 18.6. The highest BCUT2D eigenvalue weighted by atomic mass is 16.5. The number of piperidine rings is 1. The molecule has 0 aromatic heterocycles. The number of benzene rings is 3. The molecule has 0 radical (unpaired) electrons. The van der Waals surface area contributed by atoms with Crippen LogP contribution < -0.4 is 0 Å². The van der Waals surface area contributed by atoms with E-state index in [-0.39, 0.29) is 17.7 Å². The summed E-state index contributed by atoms with van der Waals surface area (Å²) in [4.78, 5) is 30.6. The molecule has 0 aliphatic carbocycles. The fourth-order valence-electron chi connectivity index (χ4n) is 4.48. The maximum Gasteiger partial charge on any atom is 0.254 e. The van der Waals surface area contributed by atoms with E-state index >= 15 is 0 Å². The predicted octanol–water partition coefficient (Wildman–Crippen LogP) is 4.37. The third-order valence-corrected chi connectivity index (χ3v) is 6.17. The molecule has 1 fully saturated rings. The van der Waals surface area contributed by atoms with E-state index in [0.717, 1.165) is 29.2 Å². The minimum atomic E-state index is -0.191. The Morgan fingerprint density at radius 2 is 1.75 bits per heavy atom. The van der Waals surface area contributed by atoms with E-state index in [1.165, 1.54) is 0 Å². The Morgan fingerprint density at radius 1 is 1.00 bits per heavy atom. The Hall–Kier alpha value is -3.18. The van der Waals surface area contributed by atoms with Gasteiger partial charge >= 0.3 is 0 Å². The van der Waals surface area contributed by atoms with Crippen LogP contribution in [0.4, 0.5) is 0 Å². The summed E-state index contributed by atoms with van der Waals surface area (Å²) in [5.41, 5.74) is 1.80. The zero-order valence-corrected chi connectivity index (χ0v) is 18.6. The third kappa shape index (κ3) is 5.00. The summed E-state index contributed by atoms with van der Waals surface area (Å²) in [6, 6.07) is 23.8. The molecule has 1 atom stereocenters. The molecule has 5 heteroatoms. The van der Waals surface area contributed by atoms with Gasteiger partial charge in [0.2, 0.25) is 5.91 Å². The summed E-state index contributed by atoms with van der Waals surface area (Å²) in [6.07, 6.45) is 1.63. The Kier molecular flexibility index (Phi) is 7.17. The van der Waals surface area contributed by atoms with Crippen LogP contribution in [-0.2, 0) is 16.1 Å². The van der Waals surface area contributed by atoms with Crippen LogP contribution in [-0.4, -0.2) is 55.0 Å². The number of fused-ring (bicyclic) bond motifs is 1. The van der Waals surface area contributed by atoms with Gasteiger partial charge in [-0.3, -0.25) is 9.59 Å². The first kappa shape index (κ1) is 22.0. The second kappa shape index (κ2) is 10.4. The van der Waals surface area contributed by atoms with Crippen molar-refractivity contribution in [2.45, 2.75) is 19.4 Å². The first-order chi connectivity index (χ1) is 15.7. The van der Waals surface area contributed by atoms with Gasteiger partial charge in [-0.2, -0.15) is 0 Å². The molecule has 3 aromatic rings. The number of carbonyl (C=O) groups is 2. The lowest BCUT2D eigenvalue weighted by Crippen LogP contribution is -2.47. The largest absolute Gasteiger partial charge is 0.383 e. The van der Waals surface area contributed by atoms with Crippen molar-refractivity contribution in [2.75, 3.05) is 33.4 Å². The highest BCUT2D eigenvalue weighted by Gasteiger charge is 2.32. The Bertz CT molecular complexity index is 1060. The van der Waals surface area contributed by atoms with Crippen molar-refractivity contribution >= 4 is 22.6 Å². The Balaban J connectivity index is 1.50. The van der Waals surface area contributed by atoms with Crippen LogP contribution in [0.15, 0.2) is 72.8 Å². The van der Waals surface area contributed by atoms with Gasteiger partial charge < -0.3 is 14.5 Å². The van der Waals surface area contributed by atoms with Gasteiger partial charge in [-0.1, -0.05) is 66.7 Å². The maximum atomic E-state index is 13.5. The van der Waals surface area contributed by atoms with E-state index in [1.807, 2.05) is 82.6 Å². The summed E-state index contributed by atoms with van der Waals surface area (Å²) in [5, 5.41) is 2.01. The number of likely N-dealkylation sites (tertiary alicyclic amines) is 1. The van der Waals surface area contributed by atoms with E-state index < -0.39 is 0 Å². The van der Waals surface area contributed by atoms with E-state index in [1.54, 1.807) is 7.11 Å². The fourth-order valence-corrected chi connectivity index (χ4v) is 4.48. The molecule has 5 nitrogen and oxygen atoms in total. The monoisotopic (exact) mass is 430 g/mol. The number of carbonyl (C=O) groups excluding carboxylic acids is 2. The molecule has 1 saturated heterocycles. The summed E-state index contributed by atoms with van der Waals surface area (Å²) in [5.74, 6) is -0.0876. The van der Waals surface area contributed by atoms with Gasteiger partial charge in [0.25, 0.3) is 5.91 Å². The number of hydrogen-bond donors (Lipinski definition) is 0. The lowest BCUT2D eigenvalue weighted by Gasteiger charge is -2.35. The Labute approximate surface area is 189 Å². The molecule has 1 aliphatic heterocycles. The minimum Gasteiger partial charge on any atom is -0.383 e. The lowest BCUT2D eigenvalue weighted by atomic mass is 9.95. The van der Waals surface area contributed by atoms with Gasteiger partial charge in [0.15, 0.2) is 0 Å². The number of amides is 2. The number of hydrogen-bond acceptors (Lipinski definition) is 3. The van der Waals surface area contributed by atoms with Crippen molar-refractivity contribution in [1.29, 1.82) is 0 Å². The molecule has 32 heavy (non-hydrogen) atoms. The minimum absolute atomic E-state index is 0.00537. The van der Waals surface area contributed by atoms with Crippen LogP contribution >= 0.6 is 0 Å². The predicted molar refractivity (Wildman–Crippen MR) is 126 cm³/mol. The molecular weight excluding hydrogens is 400 g/mol. The van der Waals surface area contributed by atoms with Crippen LogP contribution in [0.5, 0.6) is 0 Å². The topological polar surface area (TPSA) is 49.9 Å². The maximum absolute atomic E-state index is 13.5. The van der Waals surface area contributed by atoms with Crippen LogP contribution in [0.1, 0.15) is 28.8 Å². The number of rotatable bonds is 7. The molecule has 1 aliphatic rings. The number of ether oxygens (including phenoxy) is 1. The van der Waals surface area contributed by atoms with Crippen molar-refractivity contribution in [3.63, 3.8) is 0 Å². The van der Waals surface area contributed by atoms with Crippen LogP contribution in [0, 0.1) is 5.92 Å². The van der Waals surface area contributed by atoms with Crippen molar-refractivity contribution in [2.24, 2.45) is 5.92 Å². The molecule has 0 bridgehead atoms. The van der Waals surface area contributed by atoms with Gasteiger partial charge in [0.1, 0.15) is 0 Å². The standard InChI is InChI=1S/C27H30N2O3/c1-32-18-17-29(19-21-9-3-2-4-10-21)26(30)23-13-8-16-28(20-23)27(31)25-15-7-12-22-11-5-6-14-24(22)25/h2-7,9-12,14-15,23H,8,13,16-20H2,1H3/t23-/m0/s1. The molecule has 0 N–H and O–H groups in total. The average molecular weight is 431 g/mol. The number of methoxy groups -OCH3 is 1. The highest BCUT2D eigenvalue weighted by Crippen LogP contribution is 2.25. The van der Waals surface area contributed by atoms with E-state index in [9.17, 15) is 9.59 Å². The van der Waals surface area contributed by atoms with Gasteiger partial charge in [0.05, 0.1) is 12.5 Å². The smallest absolute Gasteiger partial charge is 0.254 e. The summed E-state index contributed by atoms with van der Waals surface area (Å²) < 4.78 is 5.25. The average Bonchev–Trinajstić information content (AvgIpc) is 2.86. The normalized spacial score (nSPS) is 16.2. The molecule has 0 saturated carbocycles. The summed E-state index contributed by atoms with van der Waals surface area (Å²) in [6.45, 7) is 2.72. The third-order valence-electron chi connectivity index (χ3n) is 6.17. The van der Waals surface area contributed by atoms with E-state index in [2.05, 4.69) is 0 Å². The van der Waals surface area contributed by atoms with Crippen molar-refractivity contribution < 1.29 is 14.3 Å². The van der Waals surface area contributed by atoms with E-state index in [0.29, 0.717) is 38.3 Å². The second-order valence-corrected chi connectivity index (χ2v) is 8.36. The quantitative estimate of drug-likeness (QED) is 0.559. The van der Waals surface area contributed by atoms with E-state index in [4.69, 9.17) is 4.74 Å². The molecule has 0 spiro atoms. The van der Waals surface area contributed by atoms with Crippen molar-refractivity contribution in [3.8, 4) is 0 Å². The molecular formula is C27H30N2O3. The Morgan fingerprint density at radius 3 is 2.56 bits per heavy atom. The van der Waals surface area contributed by atoms with Gasteiger partial charge in [0, 0.05) is 38.9 Å². The van der Waals surface area contributed by atoms with Gasteiger partial charge in [-0.25, -0.2) is 0 Å². The van der Waals surface area contributed by atoms with Gasteiger partial charge in [-0.15, -0.1) is 0 Å². The lowest BCUT2D eigenvalue weighted by molar-refractivity contribution is -0.138. The zero-order chi connectivity index (χ0) is 22.3. The molecule has 166 valence electrons. The molecule has 2 amide bonds. The first-order valence-corrected chi connectivity index (χ1v) is 11.3. The van der Waals surface area contributed by atoms with Gasteiger partial charge in [-0.05, 0) is 35.2 Å². The van der Waals surface area contributed by atoms with Crippen molar-refractivity contribution in [3.05, 3.63) is 83.9 Å². The first-order valence-electron chi connectivity index (χ1n) is 11.3.